The first-order valence-corrected chi connectivity index (χ1v) is 5.05. The molecule has 1 aromatic rings. The molecule has 0 aliphatic rings. The number of aliphatic carboxylic acids is 1. The van der Waals surface area contributed by atoms with Crippen molar-refractivity contribution < 1.29 is 9.90 Å². The van der Waals surface area contributed by atoms with Crippen LogP contribution in [0.15, 0.2) is 18.5 Å². The van der Waals surface area contributed by atoms with Crippen molar-refractivity contribution in [1.29, 1.82) is 0 Å². The van der Waals surface area contributed by atoms with Gasteiger partial charge in [-0.25, -0.2) is 0 Å². The molecule has 1 heterocycles. The summed E-state index contributed by atoms with van der Waals surface area (Å²) in [4.78, 5) is 10.8. The average molecular weight is 211 g/mol. The van der Waals surface area contributed by atoms with Gasteiger partial charge in [-0.2, -0.15) is 5.10 Å². The zero-order valence-corrected chi connectivity index (χ0v) is 9.05. The van der Waals surface area contributed by atoms with Crippen LogP contribution in [0.25, 0.3) is 0 Å². The standard InChI is InChI=1S/C10H17N3O2/c1-8(2)9(10(14)15)11-5-7-13-6-3-4-12-13/h3-4,6,8-9,11H,5,7H2,1-2H3,(H,14,15). The Kier molecular flexibility index (Phi) is 4.30. The Labute approximate surface area is 89.1 Å². The van der Waals surface area contributed by atoms with E-state index >= 15 is 0 Å². The van der Waals surface area contributed by atoms with E-state index in [0.29, 0.717) is 13.1 Å². The summed E-state index contributed by atoms with van der Waals surface area (Å²) in [6.07, 6.45) is 3.56. The first kappa shape index (κ1) is 11.7. The molecule has 15 heavy (non-hydrogen) atoms. The molecule has 0 amide bonds. The maximum Gasteiger partial charge on any atom is 0.320 e. The molecule has 0 radical (unpaired) electrons. The fourth-order valence-electron chi connectivity index (χ4n) is 1.38. The third-order valence-corrected chi connectivity index (χ3v) is 2.20. The Bertz CT molecular complexity index is 296. The molecule has 1 aromatic heterocycles. The van der Waals surface area contributed by atoms with Gasteiger partial charge in [-0.05, 0) is 12.0 Å². The molecular weight excluding hydrogens is 194 g/mol. The molecule has 5 heteroatoms. The lowest BCUT2D eigenvalue weighted by atomic mass is 10.1. The van der Waals surface area contributed by atoms with E-state index in [2.05, 4.69) is 10.4 Å². The van der Waals surface area contributed by atoms with Gasteiger partial charge in [0.15, 0.2) is 0 Å². The SMILES string of the molecule is CC(C)C(NCCn1cccn1)C(=O)O. The lowest BCUT2D eigenvalue weighted by molar-refractivity contribution is -0.140. The average Bonchev–Trinajstić information content (AvgIpc) is 2.63. The van der Waals surface area contributed by atoms with Crippen molar-refractivity contribution in [2.24, 2.45) is 5.92 Å². The van der Waals surface area contributed by atoms with Crippen LogP contribution in [0.4, 0.5) is 0 Å². The van der Waals surface area contributed by atoms with Crippen molar-refractivity contribution in [1.82, 2.24) is 15.1 Å². The summed E-state index contributed by atoms with van der Waals surface area (Å²) < 4.78 is 1.77. The number of aromatic nitrogens is 2. The van der Waals surface area contributed by atoms with Gasteiger partial charge in [0.25, 0.3) is 0 Å². The van der Waals surface area contributed by atoms with Gasteiger partial charge in [0, 0.05) is 18.9 Å². The topological polar surface area (TPSA) is 67.2 Å². The zero-order valence-electron chi connectivity index (χ0n) is 9.05. The Balaban J connectivity index is 2.31. The number of nitrogens with zero attached hydrogens (tertiary/aromatic N) is 2. The molecule has 1 unspecified atom stereocenters. The van der Waals surface area contributed by atoms with Crippen LogP contribution in [0.2, 0.25) is 0 Å². The normalized spacial score (nSPS) is 13.0. The lowest BCUT2D eigenvalue weighted by Gasteiger charge is -2.17. The Morgan fingerprint density at radius 3 is 2.80 bits per heavy atom. The van der Waals surface area contributed by atoms with E-state index in [1.807, 2.05) is 26.1 Å². The number of carboxylic acids is 1. The minimum absolute atomic E-state index is 0.0834. The van der Waals surface area contributed by atoms with E-state index in [4.69, 9.17) is 5.11 Å². The smallest absolute Gasteiger partial charge is 0.320 e. The first-order valence-electron chi connectivity index (χ1n) is 5.05. The maximum absolute atomic E-state index is 10.8. The van der Waals surface area contributed by atoms with Crippen LogP contribution in [0.3, 0.4) is 0 Å². The van der Waals surface area contributed by atoms with Gasteiger partial charge in [-0.3, -0.25) is 9.48 Å². The molecule has 0 bridgehead atoms. The number of nitrogens with one attached hydrogen (secondary N) is 1. The molecule has 2 N–H and O–H groups in total. The Morgan fingerprint density at radius 2 is 2.33 bits per heavy atom. The molecule has 0 aliphatic carbocycles. The van der Waals surface area contributed by atoms with Gasteiger partial charge in [0.05, 0.1) is 6.54 Å². The van der Waals surface area contributed by atoms with E-state index in [9.17, 15) is 4.79 Å². The van der Waals surface area contributed by atoms with Gasteiger partial charge >= 0.3 is 5.97 Å². The highest BCUT2D eigenvalue weighted by Gasteiger charge is 2.19. The highest BCUT2D eigenvalue weighted by molar-refractivity contribution is 5.73. The number of carbonyl (C=O) groups is 1. The van der Waals surface area contributed by atoms with Crippen molar-refractivity contribution in [3.05, 3.63) is 18.5 Å². The van der Waals surface area contributed by atoms with Crippen molar-refractivity contribution >= 4 is 5.97 Å². The van der Waals surface area contributed by atoms with Crippen molar-refractivity contribution in [3.8, 4) is 0 Å². The Hall–Kier alpha value is -1.36. The predicted octanol–water partition coefficient (Wildman–Crippen LogP) is 0.582. The minimum atomic E-state index is -0.800. The summed E-state index contributed by atoms with van der Waals surface area (Å²) in [5, 5.41) is 15.9. The molecule has 1 rings (SSSR count). The van der Waals surface area contributed by atoms with Crippen LogP contribution in [0.5, 0.6) is 0 Å². The van der Waals surface area contributed by atoms with Gasteiger partial charge in [0.2, 0.25) is 0 Å². The largest absolute Gasteiger partial charge is 0.480 e. The molecule has 0 aliphatic heterocycles. The predicted molar refractivity (Wildman–Crippen MR) is 56.5 cm³/mol. The van der Waals surface area contributed by atoms with Crippen molar-refractivity contribution in [2.45, 2.75) is 26.4 Å². The van der Waals surface area contributed by atoms with E-state index in [-0.39, 0.29) is 5.92 Å². The number of hydrogen-bond acceptors (Lipinski definition) is 3. The number of hydrogen-bond donors (Lipinski definition) is 2. The highest BCUT2D eigenvalue weighted by atomic mass is 16.4. The second-order valence-electron chi connectivity index (χ2n) is 3.78. The molecule has 1 atom stereocenters. The molecule has 0 spiro atoms. The van der Waals surface area contributed by atoms with E-state index < -0.39 is 12.0 Å². The van der Waals surface area contributed by atoms with E-state index in [1.54, 1.807) is 10.9 Å². The summed E-state index contributed by atoms with van der Waals surface area (Å²) in [5.41, 5.74) is 0. The quantitative estimate of drug-likeness (QED) is 0.722. The summed E-state index contributed by atoms with van der Waals surface area (Å²) in [6.45, 7) is 5.07. The summed E-state index contributed by atoms with van der Waals surface area (Å²) in [7, 11) is 0. The van der Waals surface area contributed by atoms with Crippen LogP contribution in [0, 0.1) is 5.92 Å². The molecule has 5 nitrogen and oxygen atoms in total. The van der Waals surface area contributed by atoms with E-state index in [1.165, 1.54) is 0 Å². The fraction of sp³-hybridized carbons (Fsp3) is 0.600. The monoisotopic (exact) mass is 211 g/mol. The van der Waals surface area contributed by atoms with Crippen LogP contribution >= 0.6 is 0 Å². The summed E-state index contributed by atoms with van der Waals surface area (Å²) in [6, 6.07) is 1.36. The lowest BCUT2D eigenvalue weighted by Crippen LogP contribution is -2.42. The van der Waals surface area contributed by atoms with Gasteiger partial charge in [-0.1, -0.05) is 13.8 Å². The van der Waals surface area contributed by atoms with Crippen LogP contribution in [-0.2, 0) is 11.3 Å². The third-order valence-electron chi connectivity index (χ3n) is 2.20. The van der Waals surface area contributed by atoms with Crippen LogP contribution in [0.1, 0.15) is 13.8 Å². The minimum Gasteiger partial charge on any atom is -0.480 e. The molecule has 84 valence electrons. The molecule has 0 fully saturated rings. The molecule has 0 saturated heterocycles. The highest BCUT2D eigenvalue weighted by Crippen LogP contribution is 2.01. The van der Waals surface area contributed by atoms with Crippen LogP contribution in [-0.4, -0.2) is 33.4 Å². The molecule has 0 aromatic carbocycles. The fourth-order valence-corrected chi connectivity index (χ4v) is 1.38. The van der Waals surface area contributed by atoms with Crippen LogP contribution < -0.4 is 5.32 Å². The van der Waals surface area contributed by atoms with Gasteiger partial charge < -0.3 is 10.4 Å². The maximum atomic E-state index is 10.8. The van der Waals surface area contributed by atoms with E-state index in [0.717, 1.165) is 0 Å². The van der Waals surface area contributed by atoms with Crippen molar-refractivity contribution in [2.75, 3.05) is 6.54 Å². The first-order chi connectivity index (χ1) is 7.11. The second-order valence-corrected chi connectivity index (χ2v) is 3.78. The second kappa shape index (κ2) is 5.50. The molecular formula is C10H17N3O2. The summed E-state index contributed by atoms with van der Waals surface area (Å²) >= 11 is 0. The number of rotatable bonds is 6. The van der Waals surface area contributed by atoms with Gasteiger partial charge in [-0.15, -0.1) is 0 Å². The number of carboxylic acid groups (broad SMARTS) is 1. The third kappa shape index (κ3) is 3.71. The zero-order chi connectivity index (χ0) is 11.3. The van der Waals surface area contributed by atoms with Crippen molar-refractivity contribution in [3.63, 3.8) is 0 Å². The Morgan fingerprint density at radius 1 is 1.60 bits per heavy atom. The van der Waals surface area contributed by atoms with Gasteiger partial charge in [0.1, 0.15) is 6.04 Å². The molecule has 0 saturated carbocycles. The summed E-state index contributed by atoms with van der Waals surface area (Å²) in [5.74, 6) is -0.717.